The van der Waals surface area contributed by atoms with Gasteiger partial charge in [-0.3, -0.25) is 9.59 Å². The maximum atomic E-state index is 12.6. The first-order chi connectivity index (χ1) is 12.0. The number of benzene rings is 2. The summed E-state index contributed by atoms with van der Waals surface area (Å²) < 4.78 is 0. The molecule has 1 saturated heterocycles. The Morgan fingerprint density at radius 1 is 1.00 bits per heavy atom. The van der Waals surface area contributed by atoms with E-state index in [4.69, 9.17) is 34.8 Å². The Morgan fingerprint density at radius 2 is 1.68 bits per heavy atom. The molecule has 1 aliphatic heterocycles. The second-order valence-electron chi connectivity index (χ2n) is 5.86. The van der Waals surface area contributed by atoms with Gasteiger partial charge in [0, 0.05) is 21.5 Å². The number of carbonyl (C=O) groups excluding carboxylic acids is 2. The van der Waals surface area contributed by atoms with Gasteiger partial charge in [-0.25, -0.2) is 4.90 Å². The third-order valence-electron chi connectivity index (χ3n) is 4.15. The van der Waals surface area contributed by atoms with Crippen LogP contribution in [0, 0.1) is 0 Å². The van der Waals surface area contributed by atoms with Gasteiger partial charge in [-0.1, -0.05) is 40.9 Å². The molecule has 1 aliphatic rings. The summed E-state index contributed by atoms with van der Waals surface area (Å²) in [5.41, 5.74) is 1.52. The zero-order valence-corrected chi connectivity index (χ0v) is 15.5. The predicted octanol–water partition coefficient (Wildman–Crippen LogP) is 3.08. The summed E-state index contributed by atoms with van der Waals surface area (Å²) in [6, 6.07) is 11.6. The smallest absolute Gasteiger partial charge is 0.292 e. The van der Waals surface area contributed by atoms with Crippen LogP contribution in [0.1, 0.15) is 12.0 Å². The summed E-state index contributed by atoms with van der Waals surface area (Å²) in [6.45, 7) is 0.652. The van der Waals surface area contributed by atoms with Gasteiger partial charge in [0.15, 0.2) is 6.04 Å². The Morgan fingerprint density at radius 3 is 2.36 bits per heavy atom. The molecular weight excluding hydrogens is 383 g/mol. The molecule has 2 amide bonds. The van der Waals surface area contributed by atoms with E-state index in [1.807, 2.05) is 11.4 Å². The maximum absolute atomic E-state index is 12.6. The van der Waals surface area contributed by atoms with Gasteiger partial charge in [0.05, 0.1) is 18.7 Å². The molecule has 7 heteroatoms. The van der Waals surface area contributed by atoms with Crippen molar-refractivity contribution in [1.82, 2.24) is 0 Å². The Labute approximate surface area is 160 Å². The lowest BCUT2D eigenvalue weighted by Gasteiger charge is -2.14. The highest BCUT2D eigenvalue weighted by Crippen LogP contribution is 2.24. The van der Waals surface area contributed by atoms with Crippen LogP contribution in [-0.2, 0) is 16.0 Å². The molecule has 1 atom stereocenters. The van der Waals surface area contributed by atoms with Crippen molar-refractivity contribution < 1.29 is 14.9 Å². The van der Waals surface area contributed by atoms with Gasteiger partial charge in [-0.2, -0.15) is 0 Å². The summed E-state index contributed by atoms with van der Waals surface area (Å²) in [5, 5.41) is 3.65. The predicted molar refractivity (Wildman–Crippen MR) is 99.3 cm³/mol. The topological polar surface area (TPSA) is 54.0 Å². The largest absolute Gasteiger partial charge is 0.335 e. The van der Waals surface area contributed by atoms with E-state index in [2.05, 4.69) is 0 Å². The zero-order chi connectivity index (χ0) is 18.0. The number of hydrogen-bond donors (Lipinski definition) is 1. The monoisotopic (exact) mass is 397 g/mol. The molecular formula is C18H16Cl3N2O2+. The third-order valence-corrected chi connectivity index (χ3v) is 4.99. The molecule has 25 heavy (non-hydrogen) atoms. The molecule has 0 bridgehead atoms. The number of anilines is 1. The highest BCUT2D eigenvalue weighted by molar-refractivity contribution is 6.35. The Bertz CT molecular complexity index is 808. The Kier molecular flexibility index (Phi) is 5.64. The lowest BCUT2D eigenvalue weighted by Crippen LogP contribution is -2.92. The Hall–Kier alpha value is -1.59. The van der Waals surface area contributed by atoms with Gasteiger partial charge in [-0.15, -0.1) is 0 Å². The number of imide groups is 1. The van der Waals surface area contributed by atoms with E-state index in [9.17, 15) is 9.59 Å². The fraction of sp³-hybridized carbons (Fsp3) is 0.222. The van der Waals surface area contributed by atoms with Crippen LogP contribution >= 0.6 is 34.8 Å². The van der Waals surface area contributed by atoms with Crippen molar-refractivity contribution in [3.63, 3.8) is 0 Å². The number of hydrogen-bond acceptors (Lipinski definition) is 2. The summed E-state index contributed by atoms with van der Waals surface area (Å²) in [4.78, 5) is 26.0. The molecule has 0 spiro atoms. The van der Waals surface area contributed by atoms with Gasteiger partial charge in [0.2, 0.25) is 5.91 Å². The molecule has 0 unspecified atom stereocenters. The first-order valence-electron chi connectivity index (χ1n) is 7.85. The second-order valence-corrected chi connectivity index (χ2v) is 7.14. The quantitative estimate of drug-likeness (QED) is 0.787. The van der Waals surface area contributed by atoms with Crippen molar-refractivity contribution in [2.45, 2.75) is 18.9 Å². The molecule has 1 fully saturated rings. The standard InChI is InChI=1S/C18H15Cl3N2O2/c19-12-3-5-14(6-4-12)23-17(24)10-16(18(23)25)22-8-7-11-1-2-13(20)9-15(11)21/h1-6,9,16,22H,7-8,10H2/p+1/t16-/m1/s1. The number of nitrogens with zero attached hydrogens (tertiary/aromatic N) is 1. The first-order valence-corrected chi connectivity index (χ1v) is 8.98. The van der Waals surface area contributed by atoms with Crippen molar-refractivity contribution in [1.29, 1.82) is 0 Å². The molecule has 0 saturated carbocycles. The van der Waals surface area contributed by atoms with Crippen LogP contribution in [0.2, 0.25) is 15.1 Å². The van der Waals surface area contributed by atoms with Crippen LogP contribution in [0.3, 0.4) is 0 Å². The number of carbonyl (C=O) groups is 2. The van der Waals surface area contributed by atoms with E-state index >= 15 is 0 Å². The van der Waals surface area contributed by atoms with E-state index in [0.29, 0.717) is 33.7 Å². The van der Waals surface area contributed by atoms with Crippen LogP contribution < -0.4 is 10.2 Å². The van der Waals surface area contributed by atoms with Crippen LogP contribution in [0.5, 0.6) is 0 Å². The summed E-state index contributed by atoms with van der Waals surface area (Å²) >= 11 is 17.9. The average Bonchev–Trinajstić information content (AvgIpc) is 2.85. The van der Waals surface area contributed by atoms with Crippen molar-refractivity contribution in [3.8, 4) is 0 Å². The third kappa shape index (κ3) is 4.15. The van der Waals surface area contributed by atoms with E-state index in [-0.39, 0.29) is 18.2 Å². The van der Waals surface area contributed by atoms with E-state index in [0.717, 1.165) is 5.56 Å². The van der Waals surface area contributed by atoms with Crippen LogP contribution in [0.4, 0.5) is 5.69 Å². The molecule has 2 aromatic rings. The average molecular weight is 399 g/mol. The molecule has 0 aromatic heterocycles. The van der Waals surface area contributed by atoms with Crippen molar-refractivity contribution in [2.75, 3.05) is 11.4 Å². The molecule has 0 radical (unpaired) electrons. The van der Waals surface area contributed by atoms with Gasteiger partial charge in [0.25, 0.3) is 5.91 Å². The summed E-state index contributed by atoms with van der Waals surface area (Å²) in [6.07, 6.45) is 0.880. The first kappa shape index (κ1) is 18.2. The minimum atomic E-state index is -0.408. The fourth-order valence-electron chi connectivity index (χ4n) is 2.87. The minimum absolute atomic E-state index is 0.190. The fourth-order valence-corrected chi connectivity index (χ4v) is 3.49. The van der Waals surface area contributed by atoms with Gasteiger partial charge < -0.3 is 5.32 Å². The molecule has 130 valence electrons. The lowest BCUT2D eigenvalue weighted by atomic mass is 10.1. The Balaban J connectivity index is 1.61. The normalized spacial score (nSPS) is 17.4. The molecule has 4 nitrogen and oxygen atoms in total. The molecule has 3 rings (SSSR count). The van der Waals surface area contributed by atoms with Crippen LogP contribution in [0.25, 0.3) is 0 Å². The van der Waals surface area contributed by atoms with Crippen LogP contribution in [0.15, 0.2) is 42.5 Å². The van der Waals surface area contributed by atoms with E-state index < -0.39 is 6.04 Å². The SMILES string of the molecule is O=C1C[C@@H]([NH2+]CCc2ccc(Cl)cc2Cl)C(=O)N1c1ccc(Cl)cc1. The number of halogens is 3. The van der Waals surface area contributed by atoms with Crippen molar-refractivity contribution in [2.24, 2.45) is 0 Å². The lowest BCUT2D eigenvalue weighted by molar-refractivity contribution is -0.674. The van der Waals surface area contributed by atoms with E-state index in [1.54, 1.807) is 36.4 Å². The second kappa shape index (κ2) is 7.75. The maximum Gasteiger partial charge on any atom is 0.292 e. The number of nitrogens with two attached hydrogens (primary N) is 1. The van der Waals surface area contributed by atoms with Gasteiger partial charge in [0.1, 0.15) is 0 Å². The highest BCUT2D eigenvalue weighted by Gasteiger charge is 2.42. The highest BCUT2D eigenvalue weighted by atomic mass is 35.5. The van der Waals surface area contributed by atoms with Crippen LogP contribution in [-0.4, -0.2) is 24.4 Å². The molecule has 0 aliphatic carbocycles. The zero-order valence-electron chi connectivity index (χ0n) is 13.2. The molecule has 2 aromatic carbocycles. The molecule has 1 heterocycles. The van der Waals surface area contributed by atoms with Gasteiger partial charge >= 0.3 is 0 Å². The number of quaternary nitrogens is 1. The summed E-state index contributed by atoms with van der Waals surface area (Å²) in [5.74, 6) is -0.396. The van der Waals surface area contributed by atoms with Crippen molar-refractivity contribution >= 4 is 52.3 Å². The van der Waals surface area contributed by atoms with Gasteiger partial charge in [-0.05, 0) is 42.0 Å². The number of amides is 2. The van der Waals surface area contributed by atoms with E-state index in [1.165, 1.54) is 4.90 Å². The minimum Gasteiger partial charge on any atom is -0.335 e. The molecule has 2 N–H and O–H groups in total. The summed E-state index contributed by atoms with van der Waals surface area (Å²) in [7, 11) is 0. The number of rotatable bonds is 5. The van der Waals surface area contributed by atoms with Crippen molar-refractivity contribution in [3.05, 3.63) is 63.1 Å².